The topological polar surface area (TPSA) is 41.3 Å². The quantitative estimate of drug-likeness (QED) is 0.531. The van der Waals surface area contributed by atoms with Gasteiger partial charge in [-0.25, -0.2) is 0 Å². The second kappa shape index (κ2) is 6.58. The first-order valence-electron chi connectivity index (χ1n) is 4.25. The summed E-state index contributed by atoms with van der Waals surface area (Å²) in [7, 11) is 4.19. The maximum absolute atomic E-state index is 5.35. The van der Waals surface area contributed by atoms with Crippen molar-refractivity contribution in [3.8, 4) is 0 Å². The Bertz CT molecular complexity index is 83.4. The Morgan fingerprint density at radius 2 is 2.09 bits per heavy atom. The predicted molar refractivity (Wildman–Crippen MR) is 49.7 cm³/mol. The van der Waals surface area contributed by atoms with Crippen LogP contribution in [0, 0.1) is 0 Å². The molecular formula is C8H21N3. The Hall–Kier alpha value is -0.120. The van der Waals surface area contributed by atoms with E-state index >= 15 is 0 Å². The molecule has 0 bridgehead atoms. The maximum atomic E-state index is 5.35. The van der Waals surface area contributed by atoms with Gasteiger partial charge in [0.2, 0.25) is 0 Å². The van der Waals surface area contributed by atoms with Crippen LogP contribution < -0.4 is 11.1 Å². The molecule has 1 atom stereocenters. The molecule has 11 heavy (non-hydrogen) atoms. The van der Waals surface area contributed by atoms with E-state index in [-0.39, 0.29) is 0 Å². The second-order valence-electron chi connectivity index (χ2n) is 3.16. The Morgan fingerprint density at radius 1 is 1.45 bits per heavy atom. The fourth-order valence-electron chi connectivity index (χ4n) is 0.721. The van der Waals surface area contributed by atoms with Crippen LogP contribution in [0.1, 0.15) is 13.3 Å². The van der Waals surface area contributed by atoms with Crippen LogP contribution in [0.3, 0.4) is 0 Å². The van der Waals surface area contributed by atoms with E-state index < -0.39 is 0 Å². The van der Waals surface area contributed by atoms with Gasteiger partial charge in [-0.1, -0.05) is 0 Å². The van der Waals surface area contributed by atoms with Gasteiger partial charge in [0.25, 0.3) is 0 Å². The minimum Gasteiger partial charge on any atom is -0.330 e. The van der Waals surface area contributed by atoms with Crippen molar-refractivity contribution in [1.82, 2.24) is 10.2 Å². The molecular weight excluding hydrogens is 138 g/mol. The Labute approximate surface area is 69.9 Å². The van der Waals surface area contributed by atoms with Crippen molar-refractivity contribution >= 4 is 0 Å². The van der Waals surface area contributed by atoms with Crippen LogP contribution in [0.25, 0.3) is 0 Å². The van der Waals surface area contributed by atoms with Crippen LogP contribution in [0.4, 0.5) is 0 Å². The highest BCUT2D eigenvalue weighted by Crippen LogP contribution is 1.87. The standard InChI is InChI=1S/C8H21N3/c1-8(11(2)3)7-10-6-4-5-9/h8,10H,4-7,9H2,1-3H3. The van der Waals surface area contributed by atoms with E-state index in [1.165, 1.54) is 0 Å². The average molecular weight is 159 g/mol. The van der Waals surface area contributed by atoms with Crippen molar-refractivity contribution in [2.75, 3.05) is 33.7 Å². The first-order valence-corrected chi connectivity index (χ1v) is 4.25. The van der Waals surface area contributed by atoms with E-state index in [4.69, 9.17) is 5.73 Å². The van der Waals surface area contributed by atoms with Gasteiger partial charge in [-0.05, 0) is 40.5 Å². The molecule has 3 nitrogen and oxygen atoms in total. The van der Waals surface area contributed by atoms with Gasteiger partial charge in [0.05, 0.1) is 0 Å². The summed E-state index contributed by atoms with van der Waals surface area (Å²) in [5, 5.41) is 3.35. The third-order valence-corrected chi connectivity index (χ3v) is 1.88. The first kappa shape index (κ1) is 10.9. The van der Waals surface area contributed by atoms with Gasteiger partial charge < -0.3 is 16.0 Å². The van der Waals surface area contributed by atoms with Crippen molar-refractivity contribution in [1.29, 1.82) is 0 Å². The van der Waals surface area contributed by atoms with Gasteiger partial charge in [-0.2, -0.15) is 0 Å². The predicted octanol–water partition coefficient (Wildman–Crippen LogP) is -0.125. The molecule has 0 aliphatic heterocycles. The van der Waals surface area contributed by atoms with Gasteiger partial charge in [-0.3, -0.25) is 0 Å². The second-order valence-corrected chi connectivity index (χ2v) is 3.16. The molecule has 3 heteroatoms. The lowest BCUT2D eigenvalue weighted by Crippen LogP contribution is -2.36. The average Bonchev–Trinajstić information content (AvgIpc) is 1.97. The number of nitrogens with one attached hydrogen (secondary N) is 1. The molecule has 0 saturated heterocycles. The molecule has 68 valence electrons. The van der Waals surface area contributed by atoms with Gasteiger partial charge >= 0.3 is 0 Å². The summed E-state index contributed by atoms with van der Waals surface area (Å²) in [5.41, 5.74) is 5.35. The molecule has 0 heterocycles. The van der Waals surface area contributed by atoms with E-state index in [1.54, 1.807) is 0 Å². The summed E-state index contributed by atoms with van der Waals surface area (Å²) in [6.45, 7) is 5.07. The van der Waals surface area contributed by atoms with Crippen LogP contribution in [0.15, 0.2) is 0 Å². The summed E-state index contributed by atoms with van der Waals surface area (Å²) in [5.74, 6) is 0. The van der Waals surface area contributed by atoms with E-state index in [1.807, 2.05) is 0 Å². The lowest BCUT2D eigenvalue weighted by Gasteiger charge is -2.19. The normalized spacial score (nSPS) is 13.9. The maximum Gasteiger partial charge on any atom is 0.0186 e. The summed E-state index contributed by atoms with van der Waals surface area (Å²) in [4.78, 5) is 2.20. The molecule has 0 fully saturated rings. The molecule has 0 aliphatic carbocycles. The summed E-state index contributed by atoms with van der Waals surface area (Å²) >= 11 is 0. The zero-order valence-corrected chi connectivity index (χ0v) is 7.93. The third-order valence-electron chi connectivity index (χ3n) is 1.88. The summed E-state index contributed by atoms with van der Waals surface area (Å²) in [6, 6.07) is 0.604. The van der Waals surface area contributed by atoms with E-state index in [0.717, 1.165) is 26.1 Å². The van der Waals surface area contributed by atoms with E-state index in [9.17, 15) is 0 Å². The fourth-order valence-corrected chi connectivity index (χ4v) is 0.721. The van der Waals surface area contributed by atoms with Crippen LogP contribution >= 0.6 is 0 Å². The SMILES string of the molecule is CC(CNCCCN)N(C)C. The number of nitrogens with zero attached hydrogens (tertiary/aromatic N) is 1. The van der Waals surface area contributed by atoms with E-state index in [0.29, 0.717) is 6.04 Å². The van der Waals surface area contributed by atoms with Crippen LogP contribution in [0.2, 0.25) is 0 Å². The van der Waals surface area contributed by atoms with Gasteiger partial charge in [0, 0.05) is 12.6 Å². The molecule has 0 rings (SSSR count). The summed E-state index contributed by atoms with van der Waals surface area (Å²) < 4.78 is 0. The molecule has 0 aromatic carbocycles. The Balaban J connectivity index is 3.10. The minimum absolute atomic E-state index is 0.604. The van der Waals surface area contributed by atoms with E-state index in [2.05, 4.69) is 31.2 Å². The highest BCUT2D eigenvalue weighted by molar-refractivity contribution is 4.62. The van der Waals surface area contributed by atoms with Crippen molar-refractivity contribution in [2.45, 2.75) is 19.4 Å². The van der Waals surface area contributed by atoms with Crippen molar-refractivity contribution in [3.05, 3.63) is 0 Å². The third kappa shape index (κ3) is 6.28. The van der Waals surface area contributed by atoms with Crippen molar-refractivity contribution < 1.29 is 0 Å². The highest BCUT2D eigenvalue weighted by Gasteiger charge is 2.01. The monoisotopic (exact) mass is 159 g/mol. The zero-order valence-electron chi connectivity index (χ0n) is 7.93. The lowest BCUT2D eigenvalue weighted by molar-refractivity contribution is 0.303. The lowest BCUT2D eigenvalue weighted by atomic mass is 10.3. The van der Waals surface area contributed by atoms with Crippen LogP contribution in [0.5, 0.6) is 0 Å². The zero-order chi connectivity index (χ0) is 8.69. The molecule has 0 aliphatic rings. The molecule has 0 radical (unpaired) electrons. The summed E-state index contributed by atoms with van der Waals surface area (Å²) in [6.07, 6.45) is 1.07. The van der Waals surface area contributed by atoms with Gasteiger partial charge in [0.15, 0.2) is 0 Å². The van der Waals surface area contributed by atoms with Crippen LogP contribution in [-0.4, -0.2) is 44.7 Å². The molecule has 0 amide bonds. The van der Waals surface area contributed by atoms with Gasteiger partial charge in [0.1, 0.15) is 0 Å². The molecule has 3 N–H and O–H groups in total. The molecule has 0 saturated carbocycles. The van der Waals surface area contributed by atoms with Crippen LogP contribution in [-0.2, 0) is 0 Å². The first-order chi connectivity index (χ1) is 5.18. The number of likely N-dealkylation sites (N-methyl/N-ethyl adjacent to an activating group) is 1. The molecule has 1 unspecified atom stereocenters. The molecule has 0 aromatic heterocycles. The fraction of sp³-hybridized carbons (Fsp3) is 1.00. The van der Waals surface area contributed by atoms with Gasteiger partial charge in [-0.15, -0.1) is 0 Å². The smallest absolute Gasteiger partial charge is 0.0186 e. The molecule has 0 spiro atoms. The Morgan fingerprint density at radius 3 is 2.55 bits per heavy atom. The number of nitrogens with two attached hydrogens (primary N) is 1. The largest absolute Gasteiger partial charge is 0.330 e. The highest BCUT2D eigenvalue weighted by atomic mass is 15.1. The number of hydrogen-bond acceptors (Lipinski definition) is 3. The Kier molecular flexibility index (Phi) is 6.51. The number of rotatable bonds is 6. The van der Waals surface area contributed by atoms with Crippen molar-refractivity contribution in [2.24, 2.45) is 5.73 Å². The van der Waals surface area contributed by atoms with Crippen molar-refractivity contribution in [3.63, 3.8) is 0 Å². The number of hydrogen-bond donors (Lipinski definition) is 2. The molecule has 0 aromatic rings. The minimum atomic E-state index is 0.604.